The maximum atomic E-state index is 5.00. The number of aromatic nitrogens is 4. The Morgan fingerprint density at radius 1 is 0.389 bits per heavy atom. The van der Waals surface area contributed by atoms with Crippen molar-refractivity contribution in [3.63, 3.8) is 0 Å². The summed E-state index contributed by atoms with van der Waals surface area (Å²) in [5.74, 6) is 0. The van der Waals surface area contributed by atoms with Crippen LogP contribution in [0, 0.1) is 13.8 Å². The van der Waals surface area contributed by atoms with Crippen LogP contribution >= 0.6 is 11.7 Å². The second kappa shape index (κ2) is 17.7. The van der Waals surface area contributed by atoms with Gasteiger partial charge in [0.05, 0.1) is 39.5 Å². The van der Waals surface area contributed by atoms with Crippen LogP contribution in [0.1, 0.15) is 36.1 Å². The van der Waals surface area contributed by atoms with E-state index in [0.29, 0.717) is 0 Å². The molecule has 0 radical (unpaired) electrons. The van der Waals surface area contributed by atoms with Gasteiger partial charge < -0.3 is 14.0 Å². The zero-order valence-corrected chi connectivity index (χ0v) is 41.6. The molecule has 3 aromatic heterocycles. The number of benzene rings is 10. The van der Waals surface area contributed by atoms with E-state index in [-0.39, 0.29) is 0 Å². The standard InChI is InChI=1S/C66H51N5S/c1-5-44-16-33-60-56(38-44)57-39-45(6-2)17-34-61(57)71(60)54-30-28-52(29-31-54)69(51-10-8-7-9-11-51)64-37-32-55(65-66(64)68-72-67-65)48-22-26-53(27-23-48)70-62-35-24-49(46-18-12-42(3)13-19-46)40-58(62)59-41-50(25-36-63(59)70)47-20-14-43(4)15-21-47/h7-41H,5-6H2,1-4H3. The molecule has 3 heterocycles. The Morgan fingerprint density at radius 2 is 0.819 bits per heavy atom. The van der Waals surface area contributed by atoms with Crippen LogP contribution in [0.15, 0.2) is 212 Å². The number of para-hydroxylation sites is 1. The SMILES string of the molecule is CCc1ccc2c(c1)c1cc(CC)ccc1n2-c1ccc(N(c2ccccc2)c2ccc(-c3ccc(-n4c5ccc(-c6ccc(C)cc6)cc5c5cc(-c6ccc(C)cc6)ccc54)cc3)c3nsnc23)cc1. The molecule has 346 valence electrons. The second-order valence-corrected chi connectivity index (χ2v) is 19.6. The molecule has 72 heavy (non-hydrogen) atoms. The summed E-state index contributed by atoms with van der Waals surface area (Å²) in [7, 11) is 0. The molecule has 0 unspecified atom stereocenters. The fraction of sp³-hybridized carbons (Fsp3) is 0.0909. The molecule has 6 heteroatoms. The van der Waals surface area contributed by atoms with Gasteiger partial charge in [0.2, 0.25) is 0 Å². The van der Waals surface area contributed by atoms with E-state index in [1.54, 1.807) is 0 Å². The largest absolute Gasteiger partial charge is 0.309 e. The molecule has 0 aliphatic rings. The summed E-state index contributed by atoms with van der Waals surface area (Å²) in [6.07, 6.45) is 2.01. The zero-order chi connectivity index (χ0) is 48.5. The minimum Gasteiger partial charge on any atom is -0.309 e. The summed E-state index contributed by atoms with van der Waals surface area (Å²) >= 11 is 1.26. The van der Waals surface area contributed by atoms with Gasteiger partial charge in [0.25, 0.3) is 0 Å². The van der Waals surface area contributed by atoms with E-state index in [2.05, 4.69) is 254 Å². The number of fused-ring (bicyclic) bond motifs is 7. The molecule has 0 saturated heterocycles. The van der Waals surface area contributed by atoms with E-state index < -0.39 is 0 Å². The fourth-order valence-electron chi connectivity index (χ4n) is 10.8. The van der Waals surface area contributed by atoms with Gasteiger partial charge in [-0.25, -0.2) is 0 Å². The van der Waals surface area contributed by atoms with E-state index in [1.807, 2.05) is 0 Å². The average molecular weight is 946 g/mol. The molecule has 10 aromatic carbocycles. The molecule has 0 fully saturated rings. The Kier molecular flexibility index (Phi) is 10.7. The highest BCUT2D eigenvalue weighted by Gasteiger charge is 2.22. The number of hydrogen-bond donors (Lipinski definition) is 0. The van der Waals surface area contributed by atoms with Crippen molar-refractivity contribution < 1.29 is 0 Å². The Hall–Kier alpha value is -8.58. The third kappa shape index (κ3) is 7.37. The van der Waals surface area contributed by atoms with Crippen LogP contribution in [0.5, 0.6) is 0 Å². The number of hydrogen-bond acceptors (Lipinski definition) is 4. The van der Waals surface area contributed by atoms with E-state index in [1.165, 1.54) is 99.8 Å². The maximum absolute atomic E-state index is 5.00. The Labute approximate surface area is 423 Å². The van der Waals surface area contributed by atoms with Gasteiger partial charge in [-0.15, -0.1) is 0 Å². The van der Waals surface area contributed by atoms with Crippen molar-refractivity contribution in [1.82, 2.24) is 17.9 Å². The molecule has 0 spiro atoms. The van der Waals surface area contributed by atoms with Gasteiger partial charge in [0, 0.05) is 49.9 Å². The number of rotatable bonds is 10. The molecular weight excluding hydrogens is 895 g/mol. The van der Waals surface area contributed by atoms with Crippen LogP contribution in [-0.4, -0.2) is 17.9 Å². The topological polar surface area (TPSA) is 38.9 Å². The number of anilines is 3. The Morgan fingerprint density at radius 3 is 1.33 bits per heavy atom. The molecule has 13 rings (SSSR count). The smallest absolute Gasteiger partial charge is 0.129 e. The predicted molar refractivity (Wildman–Crippen MR) is 305 cm³/mol. The lowest BCUT2D eigenvalue weighted by Crippen LogP contribution is -2.10. The lowest BCUT2D eigenvalue weighted by molar-refractivity contribution is 1.13. The zero-order valence-electron chi connectivity index (χ0n) is 40.8. The normalized spacial score (nSPS) is 11.7. The maximum Gasteiger partial charge on any atom is 0.129 e. The third-order valence-corrected chi connectivity index (χ3v) is 15.2. The number of nitrogens with zero attached hydrogens (tertiary/aromatic N) is 5. The first-order valence-electron chi connectivity index (χ1n) is 25.0. The van der Waals surface area contributed by atoms with Crippen molar-refractivity contribution in [2.75, 3.05) is 4.90 Å². The van der Waals surface area contributed by atoms with Gasteiger partial charge in [-0.05, 0) is 175 Å². The van der Waals surface area contributed by atoms with Crippen LogP contribution in [0.3, 0.4) is 0 Å². The lowest BCUT2D eigenvalue weighted by atomic mass is 9.99. The first-order valence-corrected chi connectivity index (χ1v) is 25.7. The van der Waals surface area contributed by atoms with Crippen molar-refractivity contribution in [2.45, 2.75) is 40.5 Å². The van der Waals surface area contributed by atoms with Crippen LogP contribution in [0.25, 0.3) is 99.4 Å². The van der Waals surface area contributed by atoms with Gasteiger partial charge in [-0.3, -0.25) is 0 Å². The van der Waals surface area contributed by atoms with E-state index in [0.717, 1.165) is 63.4 Å². The minimum atomic E-state index is 0.867. The van der Waals surface area contributed by atoms with Crippen molar-refractivity contribution in [3.05, 3.63) is 235 Å². The summed E-state index contributed by atoms with van der Waals surface area (Å²) in [6.45, 7) is 8.73. The van der Waals surface area contributed by atoms with Gasteiger partial charge in [-0.1, -0.05) is 128 Å². The van der Waals surface area contributed by atoms with Crippen molar-refractivity contribution in [1.29, 1.82) is 0 Å². The molecule has 0 atom stereocenters. The summed E-state index contributed by atoms with van der Waals surface area (Å²) < 4.78 is 14.8. The van der Waals surface area contributed by atoms with Crippen LogP contribution < -0.4 is 4.90 Å². The molecule has 5 nitrogen and oxygen atoms in total. The average Bonchev–Trinajstić information content (AvgIpc) is 4.15. The molecule has 0 aliphatic heterocycles. The quantitative estimate of drug-likeness (QED) is 0.137. The Balaban J connectivity index is 0.882. The summed E-state index contributed by atoms with van der Waals surface area (Å²) in [4.78, 5) is 2.31. The first-order chi connectivity index (χ1) is 35.4. The number of aryl methyl sites for hydroxylation is 4. The molecule has 0 saturated carbocycles. The highest BCUT2D eigenvalue weighted by molar-refractivity contribution is 7.00. The molecule has 13 aromatic rings. The highest BCUT2D eigenvalue weighted by atomic mass is 32.1. The van der Waals surface area contributed by atoms with Crippen molar-refractivity contribution in [2.24, 2.45) is 0 Å². The minimum absolute atomic E-state index is 0.867. The van der Waals surface area contributed by atoms with Gasteiger partial charge in [0.1, 0.15) is 11.0 Å². The predicted octanol–water partition coefficient (Wildman–Crippen LogP) is 18.1. The third-order valence-electron chi connectivity index (χ3n) is 14.7. The summed E-state index contributed by atoms with van der Waals surface area (Å²) in [6, 6.07) is 78.3. The van der Waals surface area contributed by atoms with E-state index >= 15 is 0 Å². The molecular formula is C66H51N5S. The summed E-state index contributed by atoms with van der Waals surface area (Å²) in [5, 5.41) is 5.06. The monoisotopic (exact) mass is 945 g/mol. The molecule has 0 aliphatic carbocycles. The van der Waals surface area contributed by atoms with Crippen LogP contribution in [0.4, 0.5) is 17.1 Å². The highest BCUT2D eigenvalue weighted by Crippen LogP contribution is 2.43. The van der Waals surface area contributed by atoms with Gasteiger partial charge in [-0.2, -0.15) is 8.75 Å². The Bertz CT molecular complexity index is 4000. The van der Waals surface area contributed by atoms with E-state index in [9.17, 15) is 0 Å². The van der Waals surface area contributed by atoms with Crippen LogP contribution in [-0.2, 0) is 12.8 Å². The van der Waals surface area contributed by atoms with Crippen molar-refractivity contribution in [3.8, 4) is 44.8 Å². The fourth-order valence-corrected chi connectivity index (χ4v) is 11.4. The first kappa shape index (κ1) is 43.4. The lowest BCUT2D eigenvalue weighted by Gasteiger charge is -2.26. The van der Waals surface area contributed by atoms with Crippen LogP contribution in [0.2, 0.25) is 0 Å². The van der Waals surface area contributed by atoms with E-state index in [4.69, 9.17) is 8.75 Å². The van der Waals surface area contributed by atoms with Gasteiger partial charge >= 0.3 is 0 Å². The summed E-state index contributed by atoms with van der Waals surface area (Å²) in [5.41, 5.74) is 24.0. The second-order valence-electron chi connectivity index (χ2n) is 19.1. The molecule has 0 bridgehead atoms. The molecule has 0 amide bonds. The van der Waals surface area contributed by atoms with Crippen molar-refractivity contribution >= 4 is 83.4 Å². The van der Waals surface area contributed by atoms with Gasteiger partial charge in [0.15, 0.2) is 0 Å². The molecule has 0 N–H and O–H groups in total.